The van der Waals surface area contributed by atoms with Crippen molar-refractivity contribution in [2.24, 2.45) is 0 Å². The molecule has 0 radical (unpaired) electrons. The molecular weight excluding hydrogens is 342 g/mol. The van der Waals surface area contributed by atoms with Crippen molar-refractivity contribution >= 4 is 0 Å². The standard InChI is InChI=1S/C20H17N5O2/c26-15-8-6-14(7-9-15)18-17(13-4-2-1-3-5-13)19(27-23-18)20(10-11-20)12-16-21-24-25-22-16/h1-9,26H,10-12H2,(H,21,22,24,25). The lowest BCUT2D eigenvalue weighted by atomic mass is 9.89. The minimum atomic E-state index is -0.156. The van der Waals surface area contributed by atoms with Gasteiger partial charge in [0.2, 0.25) is 0 Å². The van der Waals surface area contributed by atoms with Crippen molar-refractivity contribution in [3.63, 3.8) is 0 Å². The Hall–Kier alpha value is -3.48. The zero-order valence-corrected chi connectivity index (χ0v) is 14.5. The molecule has 1 saturated carbocycles. The number of rotatable bonds is 5. The SMILES string of the molecule is Oc1ccc(-c2noc(C3(Cc4nn[nH]n4)CC3)c2-c2ccccc2)cc1. The lowest BCUT2D eigenvalue weighted by Crippen LogP contribution is -2.12. The molecule has 4 aromatic rings. The zero-order chi connectivity index (χ0) is 18.3. The highest BCUT2D eigenvalue weighted by molar-refractivity contribution is 5.83. The number of H-pyrrole nitrogens is 1. The number of tetrazole rings is 1. The predicted octanol–water partition coefficient (Wildman–Crippen LogP) is 3.50. The Kier molecular flexibility index (Phi) is 3.53. The summed E-state index contributed by atoms with van der Waals surface area (Å²) in [7, 11) is 0. The molecule has 1 fully saturated rings. The maximum absolute atomic E-state index is 9.61. The van der Waals surface area contributed by atoms with Crippen LogP contribution in [0.2, 0.25) is 0 Å². The molecule has 7 nitrogen and oxygen atoms in total. The molecule has 134 valence electrons. The highest BCUT2D eigenvalue weighted by Gasteiger charge is 2.50. The molecule has 1 aliphatic rings. The molecule has 0 bridgehead atoms. The van der Waals surface area contributed by atoms with Crippen LogP contribution in [0.3, 0.4) is 0 Å². The van der Waals surface area contributed by atoms with Crippen molar-refractivity contribution in [3.05, 3.63) is 66.2 Å². The van der Waals surface area contributed by atoms with Crippen molar-refractivity contribution in [2.75, 3.05) is 0 Å². The van der Waals surface area contributed by atoms with Crippen LogP contribution in [-0.4, -0.2) is 30.9 Å². The number of phenolic OH excluding ortho intramolecular Hbond substituents is 1. The summed E-state index contributed by atoms with van der Waals surface area (Å²) in [5.74, 6) is 1.76. The van der Waals surface area contributed by atoms with Gasteiger partial charge in [-0.3, -0.25) is 0 Å². The number of hydrogen-bond donors (Lipinski definition) is 2. The molecule has 2 heterocycles. The molecule has 2 aromatic carbocycles. The lowest BCUT2D eigenvalue weighted by molar-refractivity contribution is 0.351. The molecule has 0 spiro atoms. The van der Waals surface area contributed by atoms with Gasteiger partial charge >= 0.3 is 0 Å². The van der Waals surface area contributed by atoms with Crippen LogP contribution in [0.1, 0.15) is 24.4 Å². The molecule has 5 rings (SSSR count). The van der Waals surface area contributed by atoms with E-state index in [-0.39, 0.29) is 11.2 Å². The second-order valence-corrected chi connectivity index (χ2v) is 6.93. The van der Waals surface area contributed by atoms with Crippen molar-refractivity contribution in [3.8, 4) is 28.1 Å². The average molecular weight is 359 g/mol. The highest BCUT2D eigenvalue weighted by atomic mass is 16.5. The molecule has 1 aliphatic carbocycles. The van der Waals surface area contributed by atoms with Gasteiger partial charge in [-0.25, -0.2) is 0 Å². The van der Waals surface area contributed by atoms with Crippen molar-refractivity contribution in [1.29, 1.82) is 0 Å². The average Bonchev–Trinajstić information content (AvgIpc) is 3.08. The van der Waals surface area contributed by atoms with Gasteiger partial charge in [-0.15, -0.1) is 10.2 Å². The van der Waals surface area contributed by atoms with Crippen molar-refractivity contribution < 1.29 is 9.63 Å². The van der Waals surface area contributed by atoms with Gasteiger partial charge in [0.15, 0.2) is 11.6 Å². The monoisotopic (exact) mass is 359 g/mol. The minimum absolute atomic E-state index is 0.156. The largest absolute Gasteiger partial charge is 0.508 e. The fourth-order valence-corrected chi connectivity index (χ4v) is 3.54. The summed E-state index contributed by atoms with van der Waals surface area (Å²) in [4.78, 5) is 0. The molecule has 0 aliphatic heterocycles. The molecule has 0 saturated heterocycles. The lowest BCUT2D eigenvalue weighted by Gasteiger charge is -2.12. The van der Waals surface area contributed by atoms with E-state index in [2.05, 4.69) is 37.9 Å². The number of aromatic amines is 1. The van der Waals surface area contributed by atoms with Crippen LogP contribution >= 0.6 is 0 Å². The van der Waals surface area contributed by atoms with E-state index in [9.17, 15) is 5.11 Å². The van der Waals surface area contributed by atoms with E-state index in [0.717, 1.165) is 41.0 Å². The number of nitrogens with one attached hydrogen (secondary N) is 1. The van der Waals surface area contributed by atoms with Gasteiger partial charge in [-0.1, -0.05) is 40.7 Å². The van der Waals surface area contributed by atoms with Gasteiger partial charge in [0.05, 0.1) is 5.56 Å². The summed E-state index contributed by atoms with van der Waals surface area (Å²) in [6, 6.07) is 17.1. The van der Waals surface area contributed by atoms with Crippen molar-refractivity contribution in [2.45, 2.75) is 24.7 Å². The van der Waals surface area contributed by atoms with Crippen LogP contribution in [0.4, 0.5) is 0 Å². The summed E-state index contributed by atoms with van der Waals surface area (Å²) in [5.41, 5.74) is 3.56. The third-order valence-electron chi connectivity index (χ3n) is 5.12. The van der Waals surface area contributed by atoms with Gasteiger partial charge < -0.3 is 9.63 Å². The molecule has 0 amide bonds. The zero-order valence-electron chi connectivity index (χ0n) is 14.5. The molecule has 27 heavy (non-hydrogen) atoms. The van der Waals surface area contributed by atoms with Gasteiger partial charge in [-0.05, 0) is 42.7 Å². The smallest absolute Gasteiger partial charge is 0.175 e. The Morgan fingerprint density at radius 1 is 1.00 bits per heavy atom. The van der Waals surface area contributed by atoms with E-state index >= 15 is 0 Å². The van der Waals surface area contributed by atoms with E-state index in [1.165, 1.54) is 0 Å². The summed E-state index contributed by atoms with van der Waals surface area (Å²) in [6.45, 7) is 0. The van der Waals surface area contributed by atoms with Crippen LogP contribution in [0.15, 0.2) is 59.1 Å². The van der Waals surface area contributed by atoms with Gasteiger partial charge in [-0.2, -0.15) is 5.21 Å². The number of nitrogens with zero attached hydrogens (tertiary/aromatic N) is 4. The predicted molar refractivity (Wildman–Crippen MR) is 97.8 cm³/mol. The van der Waals surface area contributed by atoms with Crippen LogP contribution < -0.4 is 0 Å². The first-order valence-corrected chi connectivity index (χ1v) is 8.82. The Balaban J connectivity index is 1.65. The number of benzene rings is 2. The number of aromatic nitrogens is 5. The number of hydrogen-bond acceptors (Lipinski definition) is 6. The van der Waals surface area contributed by atoms with Crippen LogP contribution in [-0.2, 0) is 11.8 Å². The van der Waals surface area contributed by atoms with Crippen LogP contribution in [0.5, 0.6) is 5.75 Å². The fourth-order valence-electron chi connectivity index (χ4n) is 3.54. The highest BCUT2D eigenvalue weighted by Crippen LogP contribution is 2.54. The van der Waals surface area contributed by atoms with E-state index in [0.29, 0.717) is 12.2 Å². The minimum Gasteiger partial charge on any atom is -0.508 e. The molecular formula is C20H17N5O2. The number of phenols is 1. The van der Waals surface area contributed by atoms with E-state index < -0.39 is 0 Å². The Morgan fingerprint density at radius 3 is 2.44 bits per heavy atom. The maximum atomic E-state index is 9.61. The fraction of sp³-hybridized carbons (Fsp3) is 0.200. The molecule has 0 unspecified atom stereocenters. The van der Waals surface area contributed by atoms with Gasteiger partial charge in [0.25, 0.3) is 0 Å². The van der Waals surface area contributed by atoms with Crippen LogP contribution in [0, 0.1) is 0 Å². The maximum Gasteiger partial charge on any atom is 0.175 e. The second-order valence-electron chi connectivity index (χ2n) is 6.93. The summed E-state index contributed by atoms with van der Waals surface area (Å²) < 4.78 is 5.91. The quantitative estimate of drug-likeness (QED) is 0.565. The molecule has 0 atom stereocenters. The van der Waals surface area contributed by atoms with Crippen molar-refractivity contribution in [1.82, 2.24) is 25.8 Å². The van der Waals surface area contributed by atoms with Gasteiger partial charge in [0.1, 0.15) is 11.4 Å². The Labute approximate surface area is 155 Å². The number of aromatic hydroxyl groups is 1. The normalized spacial score (nSPS) is 15.0. The topological polar surface area (TPSA) is 101 Å². The van der Waals surface area contributed by atoms with E-state index in [1.54, 1.807) is 12.1 Å². The van der Waals surface area contributed by atoms with E-state index in [4.69, 9.17) is 4.52 Å². The molecule has 2 aromatic heterocycles. The third kappa shape index (κ3) is 2.77. The third-order valence-corrected chi connectivity index (χ3v) is 5.12. The van der Waals surface area contributed by atoms with E-state index in [1.807, 2.05) is 30.3 Å². The first-order valence-electron chi connectivity index (χ1n) is 8.82. The van der Waals surface area contributed by atoms with Gasteiger partial charge in [0, 0.05) is 17.4 Å². The summed E-state index contributed by atoms with van der Waals surface area (Å²) in [5, 5.41) is 28.4. The second kappa shape index (κ2) is 6.05. The first-order chi connectivity index (χ1) is 13.3. The first kappa shape index (κ1) is 15.7. The molecule has 2 N–H and O–H groups in total. The molecule has 7 heteroatoms. The Morgan fingerprint density at radius 2 is 1.78 bits per heavy atom. The summed E-state index contributed by atoms with van der Waals surface area (Å²) >= 11 is 0. The Bertz CT molecular complexity index is 1050. The van der Waals surface area contributed by atoms with Crippen LogP contribution in [0.25, 0.3) is 22.4 Å². The summed E-state index contributed by atoms with van der Waals surface area (Å²) in [6.07, 6.45) is 2.64.